The summed E-state index contributed by atoms with van der Waals surface area (Å²) in [4.78, 5) is 14.7. The molecule has 0 radical (unpaired) electrons. The molecule has 0 unspecified atom stereocenters. The van der Waals surface area contributed by atoms with Gasteiger partial charge in [0.2, 0.25) is 0 Å². The van der Waals surface area contributed by atoms with Crippen molar-refractivity contribution < 1.29 is 13.9 Å². The molecule has 122 valence electrons. The number of carbonyl (C=O) groups excluding carboxylic acids is 1. The highest BCUT2D eigenvalue weighted by Crippen LogP contribution is 2.22. The number of benzene rings is 1. The molecule has 1 N–H and O–H groups in total. The first kappa shape index (κ1) is 15.8. The Hall–Kier alpha value is -2.11. The Bertz CT molecular complexity index is 633. The second kappa shape index (κ2) is 7.44. The summed E-state index contributed by atoms with van der Waals surface area (Å²) >= 11 is 0. The van der Waals surface area contributed by atoms with E-state index in [4.69, 9.17) is 9.15 Å². The van der Waals surface area contributed by atoms with Crippen molar-refractivity contribution in [2.45, 2.75) is 13.0 Å². The summed E-state index contributed by atoms with van der Waals surface area (Å²) < 4.78 is 11.0. The molecule has 5 heteroatoms. The molecule has 0 saturated carbocycles. The van der Waals surface area contributed by atoms with Crippen molar-refractivity contribution in [1.29, 1.82) is 0 Å². The first-order valence-electron chi connectivity index (χ1n) is 7.95. The van der Waals surface area contributed by atoms with Gasteiger partial charge in [0.25, 0.3) is 5.91 Å². The zero-order valence-corrected chi connectivity index (χ0v) is 13.3. The Morgan fingerprint density at radius 1 is 1.22 bits per heavy atom. The van der Waals surface area contributed by atoms with Crippen LogP contribution in [-0.4, -0.2) is 43.7 Å². The molecule has 0 spiro atoms. The van der Waals surface area contributed by atoms with Crippen molar-refractivity contribution in [3.05, 3.63) is 59.5 Å². The van der Waals surface area contributed by atoms with Crippen LogP contribution in [0.15, 0.2) is 47.1 Å². The van der Waals surface area contributed by atoms with Crippen LogP contribution in [0, 0.1) is 6.92 Å². The van der Waals surface area contributed by atoms with E-state index in [-0.39, 0.29) is 11.9 Å². The van der Waals surface area contributed by atoms with Crippen LogP contribution in [0.2, 0.25) is 0 Å². The number of nitrogens with one attached hydrogen (secondary N) is 1. The number of amides is 1. The van der Waals surface area contributed by atoms with Gasteiger partial charge < -0.3 is 14.5 Å². The summed E-state index contributed by atoms with van der Waals surface area (Å²) in [5.41, 5.74) is 1.69. The largest absolute Gasteiger partial charge is 0.468 e. The number of hydrogen-bond donors (Lipinski definition) is 1. The Balaban J connectivity index is 1.69. The minimum atomic E-state index is -0.0482. The van der Waals surface area contributed by atoms with E-state index >= 15 is 0 Å². The van der Waals surface area contributed by atoms with Crippen LogP contribution >= 0.6 is 0 Å². The predicted molar refractivity (Wildman–Crippen MR) is 87.4 cm³/mol. The van der Waals surface area contributed by atoms with Crippen LogP contribution < -0.4 is 5.32 Å². The predicted octanol–water partition coefficient (Wildman–Crippen LogP) is 2.39. The second-order valence-corrected chi connectivity index (χ2v) is 5.70. The molecule has 1 fully saturated rings. The maximum Gasteiger partial charge on any atom is 0.251 e. The van der Waals surface area contributed by atoms with Gasteiger partial charge >= 0.3 is 0 Å². The molecule has 1 aromatic carbocycles. The molecule has 5 nitrogen and oxygen atoms in total. The molecule has 23 heavy (non-hydrogen) atoms. The molecule has 2 aromatic rings. The van der Waals surface area contributed by atoms with E-state index in [0.29, 0.717) is 25.3 Å². The Morgan fingerprint density at radius 3 is 2.70 bits per heavy atom. The van der Waals surface area contributed by atoms with Crippen molar-refractivity contribution in [2.24, 2.45) is 0 Å². The third-order valence-corrected chi connectivity index (χ3v) is 4.20. The molecule has 0 bridgehead atoms. The number of morpholine rings is 1. The number of furan rings is 1. The number of hydrogen-bond acceptors (Lipinski definition) is 4. The highest BCUT2D eigenvalue weighted by molar-refractivity contribution is 5.95. The van der Waals surface area contributed by atoms with Crippen molar-refractivity contribution in [1.82, 2.24) is 10.2 Å². The molecule has 3 rings (SSSR count). The summed E-state index contributed by atoms with van der Waals surface area (Å²) in [5.74, 6) is 0.824. The lowest BCUT2D eigenvalue weighted by atomic mass is 10.1. The standard InChI is InChI=1S/C18H22N2O3/c1-14-5-2-3-6-15(14)18(21)19-13-16(17-7-4-10-23-17)20-8-11-22-12-9-20/h2-7,10,16H,8-9,11-13H2,1H3,(H,19,21)/t16-/m1/s1. The maximum atomic E-state index is 12.4. The SMILES string of the molecule is Cc1ccccc1C(=O)NC[C@H](c1ccco1)N1CCOCC1. The van der Waals surface area contributed by atoms with Crippen LogP contribution in [0.4, 0.5) is 0 Å². The lowest BCUT2D eigenvalue weighted by molar-refractivity contribution is 0.0118. The van der Waals surface area contributed by atoms with Crippen molar-refractivity contribution in [3.8, 4) is 0 Å². The summed E-state index contributed by atoms with van der Waals surface area (Å²) in [6, 6.07) is 11.5. The highest BCUT2D eigenvalue weighted by atomic mass is 16.5. The summed E-state index contributed by atoms with van der Waals surface area (Å²) in [5, 5.41) is 3.04. The van der Waals surface area contributed by atoms with E-state index in [2.05, 4.69) is 10.2 Å². The fourth-order valence-electron chi connectivity index (χ4n) is 2.89. The van der Waals surface area contributed by atoms with Gasteiger partial charge in [-0.1, -0.05) is 18.2 Å². The average molecular weight is 314 g/mol. The van der Waals surface area contributed by atoms with Crippen molar-refractivity contribution in [3.63, 3.8) is 0 Å². The summed E-state index contributed by atoms with van der Waals surface area (Å²) in [6.07, 6.45) is 1.67. The molecule has 1 aliphatic heterocycles. The van der Waals surface area contributed by atoms with Gasteiger partial charge in [0.1, 0.15) is 5.76 Å². The summed E-state index contributed by atoms with van der Waals surface area (Å²) in [6.45, 7) is 5.56. The number of ether oxygens (including phenoxy) is 1. The maximum absolute atomic E-state index is 12.4. The molecule has 1 aliphatic rings. The third kappa shape index (κ3) is 3.81. The van der Waals surface area contributed by atoms with Crippen LogP contribution in [-0.2, 0) is 4.74 Å². The van der Waals surface area contributed by atoms with E-state index < -0.39 is 0 Å². The van der Waals surface area contributed by atoms with Gasteiger partial charge in [-0.3, -0.25) is 9.69 Å². The van der Waals surface area contributed by atoms with E-state index in [0.717, 1.165) is 24.4 Å². The first-order chi connectivity index (χ1) is 11.3. The fourth-order valence-corrected chi connectivity index (χ4v) is 2.89. The first-order valence-corrected chi connectivity index (χ1v) is 7.95. The van der Waals surface area contributed by atoms with Gasteiger partial charge in [-0.2, -0.15) is 0 Å². The fraction of sp³-hybridized carbons (Fsp3) is 0.389. The van der Waals surface area contributed by atoms with Gasteiger partial charge in [0, 0.05) is 25.2 Å². The summed E-state index contributed by atoms with van der Waals surface area (Å²) in [7, 11) is 0. The lowest BCUT2D eigenvalue weighted by Gasteiger charge is -2.33. The van der Waals surface area contributed by atoms with Crippen LogP contribution in [0.1, 0.15) is 27.7 Å². The highest BCUT2D eigenvalue weighted by Gasteiger charge is 2.25. The normalized spacial score (nSPS) is 16.9. The van der Waals surface area contributed by atoms with E-state index in [1.165, 1.54) is 0 Å². The van der Waals surface area contributed by atoms with Gasteiger partial charge in [-0.25, -0.2) is 0 Å². The smallest absolute Gasteiger partial charge is 0.251 e. The Kier molecular flexibility index (Phi) is 5.10. The van der Waals surface area contributed by atoms with E-state index in [1.54, 1.807) is 6.26 Å². The zero-order chi connectivity index (χ0) is 16.1. The third-order valence-electron chi connectivity index (χ3n) is 4.20. The van der Waals surface area contributed by atoms with Crippen LogP contribution in [0.3, 0.4) is 0 Å². The number of nitrogens with zero attached hydrogens (tertiary/aromatic N) is 1. The minimum Gasteiger partial charge on any atom is -0.468 e. The lowest BCUT2D eigenvalue weighted by Crippen LogP contribution is -2.43. The number of rotatable bonds is 5. The average Bonchev–Trinajstić information content (AvgIpc) is 3.10. The molecule has 1 atom stereocenters. The van der Waals surface area contributed by atoms with E-state index in [1.807, 2.05) is 43.3 Å². The molecule has 1 aromatic heterocycles. The Labute approximate surface area is 136 Å². The van der Waals surface area contributed by atoms with Gasteiger partial charge in [-0.15, -0.1) is 0 Å². The van der Waals surface area contributed by atoms with Gasteiger partial charge in [-0.05, 0) is 30.7 Å². The van der Waals surface area contributed by atoms with Crippen LogP contribution in [0.25, 0.3) is 0 Å². The quantitative estimate of drug-likeness (QED) is 0.921. The van der Waals surface area contributed by atoms with Crippen molar-refractivity contribution in [2.75, 3.05) is 32.8 Å². The van der Waals surface area contributed by atoms with Gasteiger partial charge in [0.05, 0.1) is 25.5 Å². The molecular weight excluding hydrogens is 292 g/mol. The topological polar surface area (TPSA) is 54.7 Å². The minimum absolute atomic E-state index is 0.0295. The van der Waals surface area contributed by atoms with E-state index in [9.17, 15) is 4.79 Å². The molecular formula is C18H22N2O3. The molecule has 1 amide bonds. The molecule has 1 saturated heterocycles. The number of aryl methyl sites for hydroxylation is 1. The Morgan fingerprint density at radius 2 is 2.00 bits per heavy atom. The zero-order valence-electron chi connectivity index (χ0n) is 13.3. The monoisotopic (exact) mass is 314 g/mol. The van der Waals surface area contributed by atoms with Crippen LogP contribution in [0.5, 0.6) is 0 Å². The van der Waals surface area contributed by atoms with Gasteiger partial charge in [0.15, 0.2) is 0 Å². The molecule has 0 aliphatic carbocycles. The van der Waals surface area contributed by atoms with Crippen molar-refractivity contribution >= 4 is 5.91 Å². The molecule has 2 heterocycles. The second-order valence-electron chi connectivity index (χ2n) is 5.70. The number of carbonyl (C=O) groups is 1.